The lowest BCUT2D eigenvalue weighted by molar-refractivity contribution is -0.137. The number of halogens is 3. The lowest BCUT2D eigenvalue weighted by Gasteiger charge is -2.15. The summed E-state index contributed by atoms with van der Waals surface area (Å²) in [5.41, 5.74) is -0.763. The topological polar surface area (TPSA) is 74.8 Å². The van der Waals surface area contributed by atoms with Gasteiger partial charge in [-0.1, -0.05) is 23.9 Å². The Morgan fingerprint density at radius 2 is 1.92 bits per heavy atom. The van der Waals surface area contributed by atoms with Gasteiger partial charge in [0.25, 0.3) is 11.5 Å². The molecule has 9 heteroatoms. The molecular formula is C15H14F3N3O2S. The summed E-state index contributed by atoms with van der Waals surface area (Å²) in [4.78, 5) is 30.1. The number of aromatic amines is 1. The van der Waals surface area contributed by atoms with Crippen LogP contribution in [0, 0.1) is 0 Å². The summed E-state index contributed by atoms with van der Waals surface area (Å²) < 4.78 is 37.6. The summed E-state index contributed by atoms with van der Waals surface area (Å²) in [6, 6.07) is 5.02. The second-order valence-corrected chi connectivity index (χ2v) is 5.75. The average Bonchev–Trinajstić information content (AvgIpc) is 2.53. The molecule has 5 nitrogen and oxygen atoms in total. The summed E-state index contributed by atoms with van der Waals surface area (Å²) in [5.74, 6) is -0.580. The van der Waals surface area contributed by atoms with Gasteiger partial charge in [-0.15, -0.1) is 0 Å². The molecule has 0 spiro atoms. The van der Waals surface area contributed by atoms with Gasteiger partial charge in [0.15, 0.2) is 5.16 Å². The number of amides is 1. The van der Waals surface area contributed by atoms with Gasteiger partial charge in [0.1, 0.15) is 5.69 Å². The third-order valence-electron chi connectivity index (χ3n) is 3.23. The predicted molar refractivity (Wildman–Crippen MR) is 84.0 cm³/mol. The Kier molecular flexibility index (Phi) is 5.33. The maximum absolute atomic E-state index is 12.5. The van der Waals surface area contributed by atoms with Gasteiger partial charge in [-0.2, -0.15) is 13.2 Å². The monoisotopic (exact) mass is 357 g/mol. The number of H-pyrrole nitrogens is 1. The van der Waals surface area contributed by atoms with Crippen LogP contribution in [0.15, 0.2) is 40.3 Å². The van der Waals surface area contributed by atoms with E-state index in [-0.39, 0.29) is 5.69 Å². The molecule has 1 atom stereocenters. The Hall–Kier alpha value is -2.29. The van der Waals surface area contributed by atoms with Crippen LogP contribution in [-0.4, -0.2) is 22.1 Å². The van der Waals surface area contributed by atoms with Crippen LogP contribution in [0.25, 0.3) is 0 Å². The molecule has 24 heavy (non-hydrogen) atoms. The van der Waals surface area contributed by atoms with Crippen molar-refractivity contribution in [3.63, 3.8) is 0 Å². The third-order valence-corrected chi connectivity index (χ3v) is 3.81. The molecule has 1 heterocycles. The van der Waals surface area contributed by atoms with Crippen LogP contribution in [0.1, 0.15) is 34.6 Å². The van der Waals surface area contributed by atoms with E-state index in [1.165, 1.54) is 23.9 Å². The van der Waals surface area contributed by atoms with Crippen LogP contribution in [0.5, 0.6) is 0 Å². The van der Waals surface area contributed by atoms with Crippen molar-refractivity contribution in [1.29, 1.82) is 0 Å². The predicted octanol–water partition coefficient (Wildman–Crippen LogP) is 3.00. The lowest BCUT2D eigenvalue weighted by Crippen LogP contribution is -2.29. The van der Waals surface area contributed by atoms with E-state index in [0.29, 0.717) is 10.7 Å². The van der Waals surface area contributed by atoms with Crippen LogP contribution in [0.4, 0.5) is 13.2 Å². The molecule has 1 aromatic carbocycles. The first-order chi connectivity index (χ1) is 11.2. The fraction of sp³-hybridized carbons (Fsp3) is 0.267. The maximum atomic E-state index is 12.5. The summed E-state index contributed by atoms with van der Waals surface area (Å²) >= 11 is 1.18. The standard InChI is InChI=1S/C15H14F3N3O2S/c1-8(9-3-5-10(6-4-9)15(16,17)18)19-13(23)11-7-12(22)21-14(20-11)24-2/h3-8H,1-2H3,(H,19,23)(H,20,21,22)/t8-/m1/s1. The number of alkyl halides is 3. The highest BCUT2D eigenvalue weighted by molar-refractivity contribution is 7.98. The van der Waals surface area contributed by atoms with Gasteiger partial charge in [0, 0.05) is 6.07 Å². The summed E-state index contributed by atoms with van der Waals surface area (Å²) in [6.45, 7) is 1.63. The molecule has 0 radical (unpaired) electrons. The molecule has 1 amide bonds. The molecule has 0 saturated carbocycles. The molecule has 2 rings (SSSR count). The number of nitrogens with zero attached hydrogens (tertiary/aromatic N) is 1. The largest absolute Gasteiger partial charge is 0.416 e. The first-order valence-electron chi connectivity index (χ1n) is 6.84. The number of carbonyl (C=O) groups excluding carboxylic acids is 1. The van der Waals surface area contributed by atoms with E-state index in [4.69, 9.17) is 0 Å². The molecule has 2 N–H and O–H groups in total. The smallest absolute Gasteiger partial charge is 0.344 e. The number of aromatic nitrogens is 2. The fourth-order valence-corrected chi connectivity index (χ4v) is 2.36. The molecule has 0 aliphatic heterocycles. The van der Waals surface area contributed by atoms with Crippen LogP contribution in [0.3, 0.4) is 0 Å². The Morgan fingerprint density at radius 3 is 2.46 bits per heavy atom. The van der Waals surface area contributed by atoms with E-state index >= 15 is 0 Å². The number of hydrogen-bond donors (Lipinski definition) is 2. The van der Waals surface area contributed by atoms with Crippen LogP contribution >= 0.6 is 11.8 Å². The Bertz CT molecular complexity index is 788. The van der Waals surface area contributed by atoms with Crippen LogP contribution < -0.4 is 10.9 Å². The zero-order chi connectivity index (χ0) is 17.9. The number of nitrogens with one attached hydrogen (secondary N) is 2. The molecule has 0 aliphatic carbocycles. The van der Waals surface area contributed by atoms with E-state index in [2.05, 4.69) is 15.3 Å². The van der Waals surface area contributed by atoms with Gasteiger partial charge >= 0.3 is 6.18 Å². The Labute approximate surface area is 139 Å². The lowest BCUT2D eigenvalue weighted by atomic mass is 10.1. The van der Waals surface area contributed by atoms with E-state index in [0.717, 1.165) is 18.2 Å². The fourth-order valence-electron chi connectivity index (χ4n) is 1.96. The molecule has 2 aromatic rings. The highest BCUT2D eigenvalue weighted by Crippen LogP contribution is 2.29. The number of carbonyl (C=O) groups is 1. The van der Waals surface area contributed by atoms with Crippen molar-refractivity contribution in [3.8, 4) is 0 Å². The Balaban J connectivity index is 2.14. The number of rotatable bonds is 4. The minimum absolute atomic E-state index is 0.0538. The average molecular weight is 357 g/mol. The van der Waals surface area contributed by atoms with Crippen molar-refractivity contribution >= 4 is 17.7 Å². The molecule has 0 saturated heterocycles. The number of hydrogen-bond acceptors (Lipinski definition) is 4. The second-order valence-electron chi connectivity index (χ2n) is 4.95. The first-order valence-corrected chi connectivity index (χ1v) is 8.06. The van der Waals surface area contributed by atoms with E-state index in [1.807, 2.05) is 0 Å². The van der Waals surface area contributed by atoms with Gasteiger partial charge in [-0.25, -0.2) is 4.98 Å². The van der Waals surface area contributed by atoms with Gasteiger partial charge in [-0.3, -0.25) is 9.59 Å². The highest BCUT2D eigenvalue weighted by atomic mass is 32.2. The normalized spacial score (nSPS) is 12.7. The summed E-state index contributed by atoms with van der Waals surface area (Å²) in [7, 11) is 0. The minimum atomic E-state index is -4.41. The van der Waals surface area contributed by atoms with Crippen molar-refractivity contribution in [2.45, 2.75) is 24.3 Å². The quantitative estimate of drug-likeness (QED) is 0.652. The van der Waals surface area contributed by atoms with E-state index < -0.39 is 29.2 Å². The molecular weight excluding hydrogens is 343 g/mol. The summed E-state index contributed by atoms with van der Waals surface area (Å²) in [5, 5.41) is 2.91. The molecule has 128 valence electrons. The SMILES string of the molecule is CSc1nc(C(=O)N[C@H](C)c2ccc(C(F)(F)F)cc2)cc(=O)[nH]1. The molecule has 0 fully saturated rings. The van der Waals surface area contributed by atoms with Crippen molar-refractivity contribution in [1.82, 2.24) is 15.3 Å². The van der Waals surface area contributed by atoms with Crippen molar-refractivity contribution in [2.24, 2.45) is 0 Å². The van der Waals surface area contributed by atoms with Crippen molar-refractivity contribution in [2.75, 3.05) is 6.26 Å². The minimum Gasteiger partial charge on any atom is -0.344 e. The van der Waals surface area contributed by atoms with Crippen molar-refractivity contribution in [3.05, 3.63) is 57.5 Å². The Morgan fingerprint density at radius 1 is 1.29 bits per heavy atom. The van der Waals surface area contributed by atoms with Crippen molar-refractivity contribution < 1.29 is 18.0 Å². The zero-order valence-electron chi connectivity index (χ0n) is 12.8. The van der Waals surface area contributed by atoms with Gasteiger partial charge < -0.3 is 10.3 Å². The maximum Gasteiger partial charge on any atom is 0.416 e. The van der Waals surface area contributed by atoms with E-state index in [9.17, 15) is 22.8 Å². The van der Waals surface area contributed by atoms with Gasteiger partial charge in [-0.05, 0) is 30.9 Å². The van der Waals surface area contributed by atoms with Gasteiger partial charge in [0.05, 0.1) is 11.6 Å². The molecule has 1 aromatic heterocycles. The number of benzene rings is 1. The third kappa shape index (κ3) is 4.38. The van der Waals surface area contributed by atoms with E-state index in [1.54, 1.807) is 13.2 Å². The summed E-state index contributed by atoms with van der Waals surface area (Å²) in [6.07, 6.45) is -2.71. The molecule has 0 aliphatic rings. The highest BCUT2D eigenvalue weighted by Gasteiger charge is 2.30. The number of thioether (sulfide) groups is 1. The first kappa shape index (κ1) is 18.1. The zero-order valence-corrected chi connectivity index (χ0v) is 13.6. The second kappa shape index (κ2) is 7.08. The van der Waals surface area contributed by atoms with Crippen LogP contribution in [-0.2, 0) is 6.18 Å². The van der Waals surface area contributed by atoms with Gasteiger partial charge in [0.2, 0.25) is 0 Å². The molecule has 0 bridgehead atoms. The van der Waals surface area contributed by atoms with Crippen LogP contribution in [0.2, 0.25) is 0 Å². The molecule has 0 unspecified atom stereocenters.